The summed E-state index contributed by atoms with van der Waals surface area (Å²) in [4.78, 5) is 59.5. The van der Waals surface area contributed by atoms with Gasteiger partial charge in [-0.1, -0.05) is 46.7 Å². The molecule has 432 valence electrons. The van der Waals surface area contributed by atoms with E-state index < -0.39 is 5.97 Å². The van der Waals surface area contributed by atoms with Gasteiger partial charge in [0.2, 0.25) is 11.6 Å². The molecular formula is C64H62N12O9. The highest BCUT2D eigenvalue weighted by atomic mass is 16.5. The van der Waals surface area contributed by atoms with Crippen LogP contribution >= 0.6 is 0 Å². The van der Waals surface area contributed by atoms with Gasteiger partial charge in [-0.05, 0) is 128 Å². The van der Waals surface area contributed by atoms with Gasteiger partial charge >= 0.3 is 5.97 Å². The van der Waals surface area contributed by atoms with E-state index in [1.54, 1.807) is 26.6 Å². The number of carbonyl (C=O) groups excluding carboxylic acids is 1. The number of methoxy groups -OCH3 is 2. The first-order valence-electron chi connectivity index (χ1n) is 28.2. The highest BCUT2D eigenvalue weighted by molar-refractivity contribution is 6.18. The van der Waals surface area contributed by atoms with Gasteiger partial charge in [-0.25, -0.2) is 24.7 Å². The maximum Gasteiger partial charge on any atom is 0.374 e. The number of para-hydroxylation sites is 2. The zero-order chi connectivity index (χ0) is 59.2. The molecule has 2 aliphatic carbocycles. The molecule has 0 radical (unpaired) electrons. The van der Waals surface area contributed by atoms with Crippen LogP contribution in [0.3, 0.4) is 0 Å². The first kappa shape index (κ1) is 55.8. The second-order valence-electron chi connectivity index (χ2n) is 21.7. The number of aryl methyl sites for hydroxylation is 4. The molecule has 2 fully saturated rings. The van der Waals surface area contributed by atoms with Gasteiger partial charge in [-0.2, -0.15) is 0 Å². The largest absolute Gasteiger partial charge is 0.496 e. The van der Waals surface area contributed by atoms with Gasteiger partial charge in [0.05, 0.1) is 82.1 Å². The monoisotopic (exact) mass is 1140 g/mol. The van der Waals surface area contributed by atoms with Crippen molar-refractivity contribution in [1.82, 2.24) is 55.5 Å². The third-order valence-electron chi connectivity index (χ3n) is 16.1. The fourth-order valence-corrected chi connectivity index (χ4v) is 11.9. The number of benzene rings is 4. The average Bonchev–Trinajstić information content (AvgIpc) is 2.16. The molecule has 21 heteroatoms. The Balaban J connectivity index is 0.000000149. The molecule has 85 heavy (non-hydrogen) atoms. The normalized spacial score (nSPS) is 17.0. The summed E-state index contributed by atoms with van der Waals surface area (Å²) in [5.74, 6) is 0.884. The summed E-state index contributed by atoms with van der Waals surface area (Å²) in [5, 5.41) is 44.8. The number of aliphatic hydroxyl groups is 2. The molecule has 8 N–H and O–H groups in total. The van der Waals surface area contributed by atoms with E-state index in [1.807, 2.05) is 113 Å². The lowest BCUT2D eigenvalue weighted by molar-refractivity contribution is 0.0683. The number of nitrogens with zero attached hydrogens (tertiary/aromatic N) is 8. The Labute approximate surface area is 486 Å². The number of ether oxygens (including phenoxy) is 2. The van der Waals surface area contributed by atoms with Crippen LogP contribution < -0.4 is 20.5 Å². The van der Waals surface area contributed by atoms with Crippen LogP contribution in [0.5, 0.6) is 11.5 Å². The van der Waals surface area contributed by atoms with E-state index in [-0.39, 0.29) is 35.8 Å². The number of nitrogens with two attached hydrogens (primary N) is 1. The molecule has 8 heterocycles. The Kier molecular flexibility index (Phi) is 15.2. The minimum absolute atomic E-state index is 0.0324. The molecule has 2 aliphatic rings. The molecule has 0 bridgehead atoms. The Morgan fingerprint density at radius 3 is 1.46 bits per heavy atom. The zero-order valence-electron chi connectivity index (χ0n) is 47.7. The maximum absolute atomic E-state index is 13.5. The number of aliphatic hydroxyl groups excluding tert-OH is 2. The number of aromatic amines is 2. The van der Waals surface area contributed by atoms with E-state index >= 15 is 0 Å². The first-order chi connectivity index (χ1) is 41.2. The summed E-state index contributed by atoms with van der Waals surface area (Å²) >= 11 is 0. The van der Waals surface area contributed by atoms with Gasteiger partial charge in [-0.15, -0.1) is 0 Å². The Hall–Kier alpha value is -9.70. The SMILES string of the molecule is COc1cc2c(cc1-c1c(C)noc1C)[nH]c1nc(C(=O)NC3CCC(O)CC3)nc(-c3ccnc4ccccc34)c12.COc1cc2c(cc1-c1c(C)noc1C)[nH]c1nc(C(=O)O)nc(-c3ccnc4ccccc34)c12.NC1CCC(O)CC1. The second-order valence-corrected chi connectivity index (χ2v) is 21.7. The number of nitrogens with one attached hydrogen (secondary N) is 3. The quantitative estimate of drug-likeness (QED) is 0.0706. The number of carbonyl (C=O) groups is 2. The number of aromatic nitrogens is 10. The van der Waals surface area contributed by atoms with Gasteiger partial charge in [0.25, 0.3) is 5.91 Å². The average molecular weight is 1140 g/mol. The fraction of sp³-hybridized carbons (Fsp3) is 0.281. The van der Waals surface area contributed by atoms with Crippen LogP contribution in [0.2, 0.25) is 0 Å². The third kappa shape index (κ3) is 10.7. The molecular weight excluding hydrogens is 1080 g/mol. The number of carboxylic acid groups (broad SMARTS) is 1. The van der Waals surface area contributed by atoms with Crippen molar-refractivity contribution in [3.05, 3.63) is 132 Å². The van der Waals surface area contributed by atoms with Crippen molar-refractivity contribution in [1.29, 1.82) is 0 Å². The Morgan fingerprint density at radius 1 is 0.576 bits per heavy atom. The summed E-state index contributed by atoms with van der Waals surface area (Å²) in [7, 11) is 3.24. The van der Waals surface area contributed by atoms with Crippen LogP contribution in [0.1, 0.15) is 95.5 Å². The topological polar surface area (TPSA) is 312 Å². The van der Waals surface area contributed by atoms with Crippen molar-refractivity contribution in [2.75, 3.05) is 14.2 Å². The van der Waals surface area contributed by atoms with Gasteiger partial charge < -0.3 is 54.9 Å². The van der Waals surface area contributed by atoms with E-state index in [1.165, 1.54) is 0 Å². The predicted octanol–water partition coefficient (Wildman–Crippen LogP) is 11.2. The van der Waals surface area contributed by atoms with Crippen molar-refractivity contribution in [2.45, 2.75) is 103 Å². The molecule has 8 aromatic heterocycles. The Bertz CT molecular complexity index is 4470. The van der Waals surface area contributed by atoms with Gasteiger partial charge in [-0.3, -0.25) is 14.8 Å². The number of amides is 1. The van der Waals surface area contributed by atoms with Crippen molar-refractivity contribution in [3.63, 3.8) is 0 Å². The predicted molar refractivity (Wildman–Crippen MR) is 322 cm³/mol. The highest BCUT2D eigenvalue weighted by Crippen LogP contribution is 2.44. The molecule has 0 atom stereocenters. The van der Waals surface area contributed by atoms with Crippen LogP contribution in [0.25, 0.3) is 110 Å². The first-order valence-corrected chi connectivity index (χ1v) is 28.2. The smallest absolute Gasteiger partial charge is 0.374 e. The molecule has 2 saturated carbocycles. The van der Waals surface area contributed by atoms with Gasteiger partial charge in [0, 0.05) is 79.3 Å². The molecule has 21 nitrogen and oxygen atoms in total. The molecule has 0 spiro atoms. The molecule has 14 rings (SSSR count). The standard InChI is InChI=1S/C32H30N6O4.C26H19N5O4.C6H13NO/c1-16-27(17(2)42-38-16)23-14-25-22(15-26(23)41-3)28-29(21-12-13-33-24-7-5-4-6-20(21)24)36-31(37-30(28)35-25)32(40)34-18-8-10-19(39)11-9-18;1-12-21(13(2)35-31-12)17-10-19-16(11-20(17)34-3)22-23(29-25(26(32)33)30-24(22)28-19)15-8-9-27-18-7-5-4-6-14(15)18;7-5-1-3-6(8)4-2-5/h4-7,12-15,18-19,39H,8-11H2,1-3H3,(H,34,40)(H,35,36,37);4-11H,1-3H3,(H,32,33)(H,28,29,30);5-6,8H,1-4,7H2. The number of carboxylic acids is 1. The summed E-state index contributed by atoms with van der Waals surface area (Å²) in [6.45, 7) is 7.50. The molecule has 0 unspecified atom stereocenters. The van der Waals surface area contributed by atoms with Crippen molar-refractivity contribution < 1.29 is 43.4 Å². The van der Waals surface area contributed by atoms with Crippen molar-refractivity contribution >= 4 is 77.6 Å². The minimum Gasteiger partial charge on any atom is -0.496 e. The minimum atomic E-state index is -1.21. The number of hydrogen-bond acceptors (Lipinski definition) is 17. The lowest BCUT2D eigenvalue weighted by Crippen LogP contribution is -2.39. The van der Waals surface area contributed by atoms with Crippen LogP contribution in [-0.2, 0) is 0 Å². The maximum atomic E-state index is 13.5. The lowest BCUT2D eigenvalue weighted by Gasteiger charge is -2.25. The van der Waals surface area contributed by atoms with E-state index in [0.29, 0.717) is 82.8 Å². The fourth-order valence-electron chi connectivity index (χ4n) is 11.9. The number of pyridine rings is 2. The number of aromatic carboxylic acids is 1. The van der Waals surface area contributed by atoms with Crippen LogP contribution in [0.4, 0.5) is 0 Å². The number of fused-ring (bicyclic) bond motifs is 8. The summed E-state index contributed by atoms with van der Waals surface area (Å²) < 4.78 is 22.4. The van der Waals surface area contributed by atoms with E-state index in [4.69, 9.17) is 39.3 Å². The second kappa shape index (κ2) is 23.2. The molecule has 4 aromatic carbocycles. The van der Waals surface area contributed by atoms with E-state index in [2.05, 4.69) is 45.5 Å². The number of rotatable bonds is 9. The summed E-state index contributed by atoms with van der Waals surface area (Å²) in [6, 6.07) is 27.4. The van der Waals surface area contributed by atoms with Gasteiger partial charge in [0.15, 0.2) is 0 Å². The zero-order valence-corrected chi connectivity index (χ0v) is 47.7. The molecule has 0 saturated heterocycles. The van der Waals surface area contributed by atoms with E-state index in [0.717, 1.165) is 119 Å². The van der Waals surface area contributed by atoms with Crippen LogP contribution in [-0.4, -0.2) is 116 Å². The van der Waals surface area contributed by atoms with Crippen molar-refractivity contribution in [2.24, 2.45) is 5.73 Å². The summed E-state index contributed by atoms with van der Waals surface area (Å²) in [5.41, 5.74) is 17.3. The van der Waals surface area contributed by atoms with Gasteiger partial charge in [0.1, 0.15) is 34.3 Å². The Morgan fingerprint density at radius 2 is 1.02 bits per heavy atom. The number of H-pyrrole nitrogens is 2. The van der Waals surface area contributed by atoms with Crippen LogP contribution in [0, 0.1) is 27.7 Å². The summed E-state index contributed by atoms with van der Waals surface area (Å²) in [6.07, 6.45) is 9.64. The third-order valence-corrected chi connectivity index (χ3v) is 16.1. The highest BCUT2D eigenvalue weighted by Gasteiger charge is 2.28. The molecule has 1 amide bonds. The van der Waals surface area contributed by atoms with Crippen molar-refractivity contribution in [3.8, 4) is 56.3 Å². The van der Waals surface area contributed by atoms with E-state index in [9.17, 15) is 19.8 Å². The molecule has 0 aliphatic heterocycles. The van der Waals surface area contributed by atoms with Crippen LogP contribution in [0.15, 0.2) is 106 Å². The molecule has 12 aromatic rings. The lowest BCUT2D eigenvalue weighted by atomic mass is 9.93. The number of hydrogen-bond donors (Lipinski definition) is 7.